The largest absolute Gasteiger partial charge is 0.352 e. The van der Waals surface area contributed by atoms with E-state index in [4.69, 9.17) is 5.73 Å². The summed E-state index contributed by atoms with van der Waals surface area (Å²) in [6.45, 7) is 0.151. The number of hydrogen-bond donors (Lipinski definition) is 2. The third-order valence-electron chi connectivity index (χ3n) is 3.59. The fraction of sp³-hybridized carbons (Fsp3) is 0.833. The molecule has 2 amide bonds. The number of nitrogens with two attached hydrogens (primary N) is 1. The van der Waals surface area contributed by atoms with Crippen LogP contribution in [-0.4, -0.2) is 42.4 Å². The third-order valence-corrected chi connectivity index (χ3v) is 3.59. The van der Waals surface area contributed by atoms with Gasteiger partial charge in [-0.1, -0.05) is 6.42 Å². The van der Waals surface area contributed by atoms with E-state index in [1.807, 2.05) is 0 Å². The summed E-state index contributed by atoms with van der Waals surface area (Å²) in [7, 11) is 1.68. The molecule has 2 rings (SSSR count). The lowest BCUT2D eigenvalue weighted by Crippen LogP contribution is -2.44. The number of halogens is 1. The van der Waals surface area contributed by atoms with Crippen LogP contribution in [-0.2, 0) is 9.59 Å². The summed E-state index contributed by atoms with van der Waals surface area (Å²) < 4.78 is 0. The lowest BCUT2D eigenvalue weighted by Gasteiger charge is -2.22. The maximum Gasteiger partial charge on any atom is 0.239 e. The van der Waals surface area contributed by atoms with Crippen molar-refractivity contribution in [3.05, 3.63) is 0 Å². The Morgan fingerprint density at radius 2 is 1.94 bits per heavy atom. The van der Waals surface area contributed by atoms with E-state index in [0.29, 0.717) is 6.04 Å². The molecule has 0 heterocycles. The first-order chi connectivity index (χ1) is 8.08. The Balaban J connectivity index is 0.00000162. The van der Waals surface area contributed by atoms with E-state index in [-0.39, 0.29) is 42.7 Å². The monoisotopic (exact) mass is 275 g/mol. The predicted octanol–water partition coefficient (Wildman–Crippen LogP) is 0.273. The molecule has 0 aromatic rings. The van der Waals surface area contributed by atoms with Gasteiger partial charge < -0.3 is 16.0 Å². The molecule has 0 aromatic heterocycles. The molecule has 18 heavy (non-hydrogen) atoms. The van der Waals surface area contributed by atoms with E-state index in [1.54, 1.807) is 7.05 Å². The molecule has 0 saturated heterocycles. The van der Waals surface area contributed by atoms with Gasteiger partial charge in [0.2, 0.25) is 11.8 Å². The van der Waals surface area contributed by atoms with Crippen molar-refractivity contribution >= 4 is 24.2 Å². The van der Waals surface area contributed by atoms with Crippen molar-refractivity contribution in [2.75, 3.05) is 13.6 Å². The first-order valence-electron chi connectivity index (χ1n) is 6.38. The summed E-state index contributed by atoms with van der Waals surface area (Å²) in [5.74, 6) is -0.135. The summed E-state index contributed by atoms with van der Waals surface area (Å²) in [5.41, 5.74) is 5.89. The van der Waals surface area contributed by atoms with Gasteiger partial charge in [0.1, 0.15) is 0 Å². The smallest absolute Gasteiger partial charge is 0.239 e. The normalized spacial score (nSPS) is 26.3. The average molecular weight is 276 g/mol. The minimum Gasteiger partial charge on any atom is -0.352 e. The second-order valence-electron chi connectivity index (χ2n) is 5.24. The van der Waals surface area contributed by atoms with E-state index in [1.165, 1.54) is 4.90 Å². The van der Waals surface area contributed by atoms with E-state index < -0.39 is 0 Å². The molecule has 0 aliphatic heterocycles. The van der Waals surface area contributed by atoms with Crippen molar-refractivity contribution < 1.29 is 9.59 Å². The highest BCUT2D eigenvalue weighted by molar-refractivity contribution is 5.86. The fourth-order valence-electron chi connectivity index (χ4n) is 2.37. The number of amides is 2. The van der Waals surface area contributed by atoms with Crippen molar-refractivity contribution in [3.63, 3.8) is 0 Å². The third kappa shape index (κ3) is 3.85. The molecule has 2 aliphatic rings. The summed E-state index contributed by atoms with van der Waals surface area (Å²) in [5, 5.41) is 2.88. The standard InChI is InChI=1S/C12H21N3O2.ClH/c1-15(7-11(16)14-8-5-6-8)12(17)9-3-2-4-10(9)13;/h8-10H,2-7,13H2,1H3,(H,14,16);1H. The topological polar surface area (TPSA) is 75.4 Å². The Labute approximate surface area is 114 Å². The van der Waals surface area contributed by atoms with Crippen molar-refractivity contribution in [2.45, 2.75) is 44.2 Å². The Morgan fingerprint density at radius 3 is 2.44 bits per heavy atom. The molecule has 5 nitrogen and oxygen atoms in total. The number of carbonyl (C=O) groups excluding carboxylic acids is 2. The summed E-state index contributed by atoms with van der Waals surface area (Å²) in [6.07, 6.45) is 4.92. The van der Waals surface area contributed by atoms with E-state index >= 15 is 0 Å². The fourth-order valence-corrected chi connectivity index (χ4v) is 2.37. The molecule has 3 N–H and O–H groups in total. The number of likely N-dealkylation sites (N-methyl/N-ethyl adjacent to an activating group) is 1. The Hall–Kier alpha value is -0.810. The second kappa shape index (κ2) is 6.38. The number of rotatable bonds is 4. The van der Waals surface area contributed by atoms with Crippen LogP contribution in [0.4, 0.5) is 0 Å². The number of carbonyl (C=O) groups is 2. The molecular weight excluding hydrogens is 254 g/mol. The highest BCUT2D eigenvalue weighted by Crippen LogP contribution is 2.25. The molecule has 0 aromatic carbocycles. The van der Waals surface area contributed by atoms with Crippen molar-refractivity contribution in [1.82, 2.24) is 10.2 Å². The Morgan fingerprint density at radius 1 is 1.28 bits per heavy atom. The Bertz CT molecular complexity index is 320. The quantitative estimate of drug-likeness (QED) is 0.773. The van der Waals surface area contributed by atoms with Crippen LogP contribution in [0, 0.1) is 5.92 Å². The van der Waals surface area contributed by atoms with Gasteiger partial charge in [0.15, 0.2) is 0 Å². The SMILES string of the molecule is CN(CC(=O)NC1CC1)C(=O)C1CCCC1N.Cl. The molecule has 2 fully saturated rings. The van der Waals surface area contributed by atoms with Crippen LogP contribution >= 0.6 is 12.4 Å². The number of nitrogens with zero attached hydrogens (tertiary/aromatic N) is 1. The first-order valence-corrected chi connectivity index (χ1v) is 6.38. The summed E-state index contributed by atoms with van der Waals surface area (Å²) in [4.78, 5) is 25.1. The van der Waals surface area contributed by atoms with Gasteiger partial charge in [-0.25, -0.2) is 0 Å². The zero-order valence-electron chi connectivity index (χ0n) is 10.7. The molecule has 2 aliphatic carbocycles. The van der Waals surface area contributed by atoms with Crippen molar-refractivity contribution in [3.8, 4) is 0 Å². The molecule has 2 atom stereocenters. The van der Waals surface area contributed by atoms with Gasteiger partial charge in [-0.2, -0.15) is 0 Å². The molecule has 2 saturated carbocycles. The lowest BCUT2D eigenvalue weighted by atomic mass is 10.0. The highest BCUT2D eigenvalue weighted by atomic mass is 35.5. The first kappa shape index (κ1) is 15.2. The van der Waals surface area contributed by atoms with E-state index in [9.17, 15) is 9.59 Å². The molecule has 104 valence electrons. The molecule has 0 radical (unpaired) electrons. The van der Waals surface area contributed by atoms with Crippen molar-refractivity contribution in [2.24, 2.45) is 11.7 Å². The molecule has 0 spiro atoms. The van der Waals surface area contributed by atoms with Crippen LogP contribution in [0.2, 0.25) is 0 Å². The Kier molecular flexibility index (Phi) is 5.41. The molecular formula is C12H22ClN3O2. The minimum absolute atomic E-state index is 0. The lowest BCUT2D eigenvalue weighted by molar-refractivity contribution is -0.138. The van der Waals surface area contributed by atoms with E-state index in [2.05, 4.69) is 5.32 Å². The maximum atomic E-state index is 12.1. The van der Waals surface area contributed by atoms with Gasteiger partial charge in [-0.15, -0.1) is 12.4 Å². The number of hydrogen-bond acceptors (Lipinski definition) is 3. The number of nitrogens with one attached hydrogen (secondary N) is 1. The summed E-state index contributed by atoms with van der Waals surface area (Å²) in [6, 6.07) is 0.316. The van der Waals surface area contributed by atoms with Gasteiger partial charge in [-0.05, 0) is 25.7 Å². The van der Waals surface area contributed by atoms with Gasteiger partial charge in [-0.3, -0.25) is 9.59 Å². The van der Waals surface area contributed by atoms with Crippen LogP contribution in [0.3, 0.4) is 0 Å². The summed E-state index contributed by atoms with van der Waals surface area (Å²) >= 11 is 0. The molecule has 6 heteroatoms. The van der Waals surface area contributed by atoms with Gasteiger partial charge >= 0.3 is 0 Å². The van der Waals surface area contributed by atoms with Gasteiger partial charge in [0, 0.05) is 19.1 Å². The zero-order chi connectivity index (χ0) is 12.4. The van der Waals surface area contributed by atoms with Crippen LogP contribution in [0.25, 0.3) is 0 Å². The molecule has 0 bridgehead atoms. The average Bonchev–Trinajstić information content (AvgIpc) is 2.97. The van der Waals surface area contributed by atoms with Crippen LogP contribution < -0.4 is 11.1 Å². The van der Waals surface area contributed by atoms with Gasteiger partial charge in [0.05, 0.1) is 12.5 Å². The second-order valence-corrected chi connectivity index (χ2v) is 5.24. The molecule has 2 unspecified atom stereocenters. The predicted molar refractivity (Wildman–Crippen MR) is 71.4 cm³/mol. The van der Waals surface area contributed by atoms with Crippen LogP contribution in [0.15, 0.2) is 0 Å². The van der Waals surface area contributed by atoms with E-state index in [0.717, 1.165) is 32.1 Å². The van der Waals surface area contributed by atoms with Gasteiger partial charge in [0.25, 0.3) is 0 Å². The minimum atomic E-state index is -0.0891. The zero-order valence-corrected chi connectivity index (χ0v) is 11.5. The maximum absolute atomic E-state index is 12.1. The highest BCUT2D eigenvalue weighted by Gasteiger charge is 2.33. The van der Waals surface area contributed by atoms with Crippen molar-refractivity contribution in [1.29, 1.82) is 0 Å². The van der Waals surface area contributed by atoms with Crippen LogP contribution in [0.5, 0.6) is 0 Å². The van der Waals surface area contributed by atoms with Crippen LogP contribution in [0.1, 0.15) is 32.1 Å².